The Morgan fingerprint density at radius 3 is 2.95 bits per heavy atom. The second-order valence-corrected chi connectivity index (χ2v) is 4.43. The summed E-state index contributed by atoms with van der Waals surface area (Å²) in [5.74, 6) is 0.795. The van der Waals surface area contributed by atoms with Crippen LogP contribution in [0.15, 0.2) is 22.7 Å². The van der Waals surface area contributed by atoms with Crippen LogP contribution in [-0.4, -0.2) is 29.3 Å². The lowest BCUT2D eigenvalue weighted by molar-refractivity contribution is 0.0526. The van der Waals surface area contributed by atoms with Crippen LogP contribution in [0.4, 0.5) is 11.4 Å². The topological polar surface area (TPSA) is 103 Å². The first-order chi connectivity index (χ1) is 10.1. The van der Waals surface area contributed by atoms with Gasteiger partial charge in [0, 0.05) is 19.9 Å². The molecule has 0 amide bonds. The van der Waals surface area contributed by atoms with Gasteiger partial charge >= 0.3 is 5.97 Å². The van der Waals surface area contributed by atoms with Crippen molar-refractivity contribution in [3.63, 3.8) is 0 Å². The summed E-state index contributed by atoms with van der Waals surface area (Å²) in [7, 11) is 0. The Labute approximate surface area is 122 Å². The van der Waals surface area contributed by atoms with Gasteiger partial charge in [-0.2, -0.15) is 4.98 Å². The molecule has 0 aliphatic carbocycles. The fraction of sp³-hybridized carbons (Fsp3) is 0.357. The summed E-state index contributed by atoms with van der Waals surface area (Å²) in [6, 6.07) is 4.99. The number of carbonyl (C=O) groups is 1. The second-order valence-electron chi connectivity index (χ2n) is 4.43. The molecule has 0 aliphatic rings. The lowest BCUT2D eigenvalue weighted by atomic mass is 10.1. The van der Waals surface area contributed by atoms with Crippen LogP contribution in [0.1, 0.15) is 29.0 Å². The van der Waals surface area contributed by atoms with E-state index in [9.17, 15) is 4.79 Å². The van der Waals surface area contributed by atoms with E-state index in [-0.39, 0.29) is 5.97 Å². The van der Waals surface area contributed by atoms with Crippen LogP contribution in [-0.2, 0) is 11.2 Å². The summed E-state index contributed by atoms with van der Waals surface area (Å²) in [5, 5.41) is 6.96. The summed E-state index contributed by atoms with van der Waals surface area (Å²) in [4.78, 5) is 15.8. The third-order valence-corrected chi connectivity index (χ3v) is 2.80. The first-order valence-corrected chi connectivity index (χ1v) is 6.70. The van der Waals surface area contributed by atoms with Gasteiger partial charge in [0.05, 0.1) is 23.5 Å². The SMILES string of the molecule is CCOC(=O)c1ccc(N)c(NCCc2noc(C)n2)c1. The average molecular weight is 290 g/mol. The van der Waals surface area contributed by atoms with Gasteiger partial charge in [-0.05, 0) is 25.1 Å². The molecule has 0 bridgehead atoms. The van der Waals surface area contributed by atoms with Crippen molar-refractivity contribution in [2.75, 3.05) is 24.2 Å². The molecule has 0 aliphatic heterocycles. The number of ether oxygens (including phenoxy) is 1. The molecule has 1 heterocycles. The van der Waals surface area contributed by atoms with Crippen LogP contribution >= 0.6 is 0 Å². The number of esters is 1. The molecule has 2 rings (SSSR count). The molecule has 112 valence electrons. The van der Waals surface area contributed by atoms with Gasteiger partial charge in [0.25, 0.3) is 0 Å². The number of aryl methyl sites for hydroxylation is 1. The normalized spacial score (nSPS) is 10.4. The summed E-state index contributed by atoms with van der Waals surface area (Å²) in [6.07, 6.45) is 0.598. The highest BCUT2D eigenvalue weighted by molar-refractivity contribution is 5.92. The number of carbonyl (C=O) groups excluding carboxylic acids is 1. The molecule has 7 nitrogen and oxygen atoms in total. The van der Waals surface area contributed by atoms with Gasteiger partial charge in [0.2, 0.25) is 5.89 Å². The number of nitrogens with zero attached hydrogens (tertiary/aromatic N) is 2. The van der Waals surface area contributed by atoms with E-state index in [2.05, 4.69) is 15.5 Å². The molecule has 21 heavy (non-hydrogen) atoms. The number of rotatable bonds is 6. The fourth-order valence-corrected chi connectivity index (χ4v) is 1.80. The quantitative estimate of drug-likeness (QED) is 0.617. The van der Waals surface area contributed by atoms with E-state index in [1.165, 1.54) is 0 Å². The van der Waals surface area contributed by atoms with Crippen LogP contribution in [0.3, 0.4) is 0 Å². The molecule has 0 fully saturated rings. The number of hydrogen-bond acceptors (Lipinski definition) is 7. The third kappa shape index (κ3) is 3.95. The highest BCUT2D eigenvalue weighted by Crippen LogP contribution is 2.20. The highest BCUT2D eigenvalue weighted by atomic mass is 16.5. The minimum Gasteiger partial charge on any atom is -0.462 e. The molecule has 2 aromatic rings. The summed E-state index contributed by atoms with van der Waals surface area (Å²) >= 11 is 0. The van der Waals surface area contributed by atoms with Gasteiger partial charge in [0.1, 0.15) is 0 Å². The van der Waals surface area contributed by atoms with E-state index < -0.39 is 0 Å². The van der Waals surface area contributed by atoms with E-state index in [1.54, 1.807) is 32.0 Å². The third-order valence-electron chi connectivity index (χ3n) is 2.80. The van der Waals surface area contributed by atoms with Crippen molar-refractivity contribution in [3.8, 4) is 0 Å². The summed E-state index contributed by atoms with van der Waals surface area (Å²) in [5.41, 5.74) is 7.59. The van der Waals surface area contributed by atoms with Crippen LogP contribution in [0.25, 0.3) is 0 Å². The van der Waals surface area contributed by atoms with Crippen molar-refractivity contribution < 1.29 is 14.1 Å². The lowest BCUT2D eigenvalue weighted by Gasteiger charge is -2.10. The van der Waals surface area contributed by atoms with Crippen LogP contribution in [0, 0.1) is 6.92 Å². The van der Waals surface area contributed by atoms with E-state index in [0.717, 1.165) is 0 Å². The van der Waals surface area contributed by atoms with E-state index in [1.807, 2.05) is 0 Å². The maximum atomic E-state index is 11.7. The Hall–Kier alpha value is -2.57. The standard InChI is InChI=1S/C14H18N4O3/c1-3-20-14(19)10-4-5-11(15)12(8-10)16-7-6-13-17-9(2)21-18-13/h4-5,8,16H,3,6-7,15H2,1-2H3. The molecule has 1 aromatic carbocycles. The van der Waals surface area contributed by atoms with Crippen molar-refractivity contribution in [1.29, 1.82) is 0 Å². The molecule has 0 atom stereocenters. The van der Waals surface area contributed by atoms with Gasteiger partial charge in [-0.3, -0.25) is 0 Å². The lowest BCUT2D eigenvalue weighted by Crippen LogP contribution is -2.10. The van der Waals surface area contributed by atoms with Crippen molar-refractivity contribution in [2.45, 2.75) is 20.3 Å². The fourth-order valence-electron chi connectivity index (χ4n) is 1.80. The molecule has 0 unspecified atom stereocenters. The minimum atomic E-state index is -0.366. The van der Waals surface area contributed by atoms with Gasteiger partial charge in [-0.15, -0.1) is 0 Å². The van der Waals surface area contributed by atoms with Crippen molar-refractivity contribution in [3.05, 3.63) is 35.5 Å². The molecule has 3 N–H and O–H groups in total. The van der Waals surface area contributed by atoms with E-state index in [4.69, 9.17) is 15.0 Å². The Morgan fingerprint density at radius 1 is 1.48 bits per heavy atom. The number of aromatic nitrogens is 2. The van der Waals surface area contributed by atoms with Crippen molar-refractivity contribution in [1.82, 2.24) is 10.1 Å². The Bertz CT molecular complexity index is 624. The molecule has 7 heteroatoms. The van der Waals surface area contributed by atoms with Crippen molar-refractivity contribution in [2.24, 2.45) is 0 Å². The summed E-state index contributed by atoms with van der Waals surface area (Å²) in [6.45, 7) is 4.42. The predicted molar refractivity (Wildman–Crippen MR) is 78.0 cm³/mol. The van der Waals surface area contributed by atoms with Crippen LogP contribution in [0.2, 0.25) is 0 Å². The number of benzene rings is 1. The first-order valence-electron chi connectivity index (χ1n) is 6.70. The first kappa shape index (κ1) is 14.8. The number of nitrogens with two attached hydrogens (primary N) is 1. The van der Waals surface area contributed by atoms with Crippen LogP contribution in [0.5, 0.6) is 0 Å². The molecule has 1 aromatic heterocycles. The number of anilines is 2. The predicted octanol–water partition coefficient (Wildman–Crippen LogP) is 1.79. The van der Waals surface area contributed by atoms with Crippen LogP contribution < -0.4 is 11.1 Å². The van der Waals surface area contributed by atoms with E-state index >= 15 is 0 Å². The monoisotopic (exact) mass is 290 g/mol. The zero-order valence-electron chi connectivity index (χ0n) is 12.0. The zero-order valence-corrected chi connectivity index (χ0v) is 12.0. The number of nitrogen functional groups attached to an aromatic ring is 1. The average Bonchev–Trinajstić information content (AvgIpc) is 2.87. The van der Waals surface area contributed by atoms with E-state index in [0.29, 0.717) is 48.2 Å². The van der Waals surface area contributed by atoms with Gasteiger partial charge in [-0.25, -0.2) is 4.79 Å². The second kappa shape index (κ2) is 6.74. The minimum absolute atomic E-state index is 0.336. The number of nitrogens with one attached hydrogen (secondary N) is 1. The van der Waals surface area contributed by atoms with Gasteiger partial charge < -0.3 is 20.3 Å². The molecular formula is C14H18N4O3. The number of hydrogen-bond donors (Lipinski definition) is 2. The van der Waals surface area contributed by atoms with Crippen molar-refractivity contribution >= 4 is 17.3 Å². The Kier molecular flexibility index (Phi) is 4.76. The molecule has 0 saturated heterocycles. The maximum absolute atomic E-state index is 11.7. The smallest absolute Gasteiger partial charge is 0.338 e. The zero-order chi connectivity index (χ0) is 15.2. The summed E-state index contributed by atoms with van der Waals surface area (Å²) < 4.78 is 9.85. The highest BCUT2D eigenvalue weighted by Gasteiger charge is 2.09. The molecular weight excluding hydrogens is 272 g/mol. The van der Waals surface area contributed by atoms with Gasteiger partial charge in [0.15, 0.2) is 5.82 Å². The largest absolute Gasteiger partial charge is 0.462 e. The Balaban J connectivity index is 1.98. The Morgan fingerprint density at radius 2 is 2.29 bits per heavy atom. The van der Waals surface area contributed by atoms with Gasteiger partial charge in [-0.1, -0.05) is 5.16 Å². The molecule has 0 radical (unpaired) electrons. The molecule has 0 spiro atoms. The maximum Gasteiger partial charge on any atom is 0.338 e. The molecule has 0 saturated carbocycles.